The number of nitrogens with one attached hydrogen (secondary N) is 1. The molecule has 1 aromatic heterocycles. The third kappa shape index (κ3) is 2.82. The highest BCUT2D eigenvalue weighted by Crippen LogP contribution is 2.26. The van der Waals surface area contributed by atoms with Gasteiger partial charge in [-0.3, -0.25) is 14.9 Å². The van der Waals surface area contributed by atoms with E-state index in [9.17, 15) is 14.9 Å². The first-order chi connectivity index (χ1) is 9.49. The van der Waals surface area contributed by atoms with Crippen molar-refractivity contribution in [1.82, 2.24) is 9.97 Å². The second-order valence-electron chi connectivity index (χ2n) is 4.47. The Hall–Kier alpha value is -2.70. The summed E-state index contributed by atoms with van der Waals surface area (Å²) in [7, 11) is 0. The number of ether oxygens (including phenoxy) is 1. The Morgan fingerprint density at radius 2 is 1.95 bits per heavy atom. The van der Waals surface area contributed by atoms with Gasteiger partial charge in [0.05, 0.1) is 11.3 Å². The molecule has 7 nitrogen and oxygen atoms in total. The Bertz CT molecular complexity index is 677. The van der Waals surface area contributed by atoms with Crippen LogP contribution in [0.2, 0.25) is 0 Å². The van der Waals surface area contributed by atoms with Crippen molar-refractivity contribution in [3.05, 3.63) is 56.6 Å². The zero-order valence-electron chi connectivity index (χ0n) is 11.0. The van der Waals surface area contributed by atoms with Crippen molar-refractivity contribution in [3.63, 3.8) is 0 Å². The van der Waals surface area contributed by atoms with E-state index in [2.05, 4.69) is 23.8 Å². The van der Waals surface area contributed by atoms with E-state index in [0.717, 1.165) is 11.9 Å². The van der Waals surface area contributed by atoms with Crippen LogP contribution in [-0.2, 0) is 0 Å². The minimum Gasteiger partial charge on any atom is -0.433 e. The summed E-state index contributed by atoms with van der Waals surface area (Å²) in [6.45, 7) is 4.11. The van der Waals surface area contributed by atoms with Gasteiger partial charge in [0.1, 0.15) is 5.75 Å². The van der Waals surface area contributed by atoms with Crippen LogP contribution in [0.4, 0.5) is 5.69 Å². The second kappa shape index (κ2) is 5.52. The molecule has 7 heteroatoms. The molecule has 2 aromatic rings. The minimum absolute atomic E-state index is 0.323. The van der Waals surface area contributed by atoms with E-state index >= 15 is 0 Å². The van der Waals surface area contributed by atoms with E-state index in [4.69, 9.17) is 4.74 Å². The quantitative estimate of drug-likeness (QED) is 0.683. The molecule has 0 aliphatic rings. The highest BCUT2D eigenvalue weighted by molar-refractivity contribution is 5.41. The third-order valence-corrected chi connectivity index (χ3v) is 2.74. The summed E-state index contributed by atoms with van der Waals surface area (Å²) in [6.07, 6.45) is 1.06. The van der Waals surface area contributed by atoms with Crippen molar-refractivity contribution >= 4 is 5.69 Å². The molecule has 104 valence electrons. The molecule has 1 aromatic carbocycles. The third-order valence-electron chi connectivity index (χ3n) is 2.74. The number of hydrogen-bond acceptors (Lipinski definition) is 5. The van der Waals surface area contributed by atoms with Gasteiger partial charge in [-0.25, -0.2) is 0 Å². The van der Waals surface area contributed by atoms with Crippen LogP contribution in [-0.4, -0.2) is 14.9 Å². The topological polar surface area (TPSA) is 98.1 Å². The van der Waals surface area contributed by atoms with Crippen molar-refractivity contribution in [1.29, 1.82) is 0 Å². The number of rotatable bonds is 4. The maximum Gasteiger partial charge on any atom is 0.395 e. The predicted molar refractivity (Wildman–Crippen MR) is 72.1 cm³/mol. The molecular weight excluding hydrogens is 262 g/mol. The lowest BCUT2D eigenvalue weighted by molar-refractivity contribution is -0.387. The van der Waals surface area contributed by atoms with Crippen LogP contribution in [0.1, 0.15) is 25.3 Å². The molecule has 1 N–H and O–H groups in total. The van der Waals surface area contributed by atoms with E-state index in [1.807, 2.05) is 12.1 Å². The first-order valence-corrected chi connectivity index (χ1v) is 5.99. The van der Waals surface area contributed by atoms with Crippen molar-refractivity contribution in [2.75, 3.05) is 0 Å². The molecule has 0 bridgehead atoms. The monoisotopic (exact) mass is 275 g/mol. The molecule has 0 radical (unpaired) electrons. The molecule has 0 saturated heterocycles. The summed E-state index contributed by atoms with van der Waals surface area (Å²) in [5.41, 5.74) is -0.440. The average molecular weight is 275 g/mol. The highest BCUT2D eigenvalue weighted by atomic mass is 16.6. The molecular formula is C13H13N3O4. The van der Waals surface area contributed by atoms with Gasteiger partial charge >= 0.3 is 17.1 Å². The number of nitrogens with zero attached hydrogens (tertiary/aromatic N) is 2. The fourth-order valence-corrected chi connectivity index (χ4v) is 1.64. The lowest BCUT2D eigenvalue weighted by Gasteiger charge is -2.07. The van der Waals surface area contributed by atoms with E-state index in [0.29, 0.717) is 11.7 Å². The van der Waals surface area contributed by atoms with E-state index in [1.165, 1.54) is 0 Å². The van der Waals surface area contributed by atoms with Gasteiger partial charge < -0.3 is 9.72 Å². The average Bonchev–Trinajstić information content (AvgIpc) is 2.39. The molecule has 20 heavy (non-hydrogen) atoms. The summed E-state index contributed by atoms with van der Waals surface area (Å²) in [4.78, 5) is 27.3. The van der Waals surface area contributed by atoms with Crippen LogP contribution in [0.15, 0.2) is 35.4 Å². The van der Waals surface area contributed by atoms with Crippen molar-refractivity contribution in [2.45, 2.75) is 19.8 Å². The van der Waals surface area contributed by atoms with Crippen LogP contribution in [0, 0.1) is 10.1 Å². The van der Waals surface area contributed by atoms with Crippen LogP contribution in [0.3, 0.4) is 0 Å². The predicted octanol–water partition coefficient (Wildman–Crippen LogP) is 2.59. The Morgan fingerprint density at radius 3 is 2.50 bits per heavy atom. The summed E-state index contributed by atoms with van der Waals surface area (Å²) in [5, 5.41) is 10.8. The fraction of sp³-hybridized carbons (Fsp3) is 0.231. The van der Waals surface area contributed by atoms with E-state index < -0.39 is 16.2 Å². The summed E-state index contributed by atoms with van der Waals surface area (Å²) >= 11 is 0. The molecule has 2 rings (SSSR count). The van der Waals surface area contributed by atoms with Crippen molar-refractivity contribution < 1.29 is 9.66 Å². The number of hydrogen-bond donors (Lipinski definition) is 1. The molecule has 0 saturated carbocycles. The summed E-state index contributed by atoms with van der Waals surface area (Å²) in [5.74, 6) is 0.433. The molecule has 1 heterocycles. The van der Waals surface area contributed by atoms with Crippen LogP contribution < -0.4 is 10.3 Å². The molecule has 0 aliphatic carbocycles. The van der Waals surface area contributed by atoms with Gasteiger partial charge in [0, 0.05) is 0 Å². The summed E-state index contributed by atoms with van der Waals surface area (Å²) < 4.78 is 5.31. The van der Waals surface area contributed by atoms with Crippen LogP contribution in [0.25, 0.3) is 0 Å². The van der Waals surface area contributed by atoms with Gasteiger partial charge in [-0.15, -0.1) is 0 Å². The van der Waals surface area contributed by atoms with Crippen LogP contribution >= 0.6 is 0 Å². The van der Waals surface area contributed by atoms with Crippen LogP contribution in [0.5, 0.6) is 11.6 Å². The highest BCUT2D eigenvalue weighted by Gasteiger charge is 2.22. The van der Waals surface area contributed by atoms with E-state index in [1.54, 1.807) is 12.1 Å². The smallest absolute Gasteiger partial charge is 0.395 e. The first kappa shape index (κ1) is 13.7. The van der Waals surface area contributed by atoms with Crippen molar-refractivity contribution in [3.8, 4) is 11.6 Å². The normalized spacial score (nSPS) is 10.6. The molecule has 0 spiro atoms. The minimum atomic E-state index is -0.848. The maximum absolute atomic E-state index is 11.4. The maximum atomic E-state index is 11.4. The molecule has 0 amide bonds. The van der Waals surface area contributed by atoms with Gasteiger partial charge in [0.15, 0.2) is 0 Å². The SMILES string of the molecule is CC(C)c1ccc(Oc2nc[nH]c(=O)c2[N+](=O)[O-])cc1. The lowest BCUT2D eigenvalue weighted by atomic mass is 10.0. The van der Waals surface area contributed by atoms with Crippen molar-refractivity contribution in [2.24, 2.45) is 0 Å². The number of aromatic nitrogens is 2. The summed E-state index contributed by atoms with van der Waals surface area (Å²) in [6, 6.07) is 7.09. The Morgan fingerprint density at radius 1 is 1.30 bits per heavy atom. The number of H-pyrrole nitrogens is 1. The number of benzene rings is 1. The zero-order chi connectivity index (χ0) is 14.7. The Balaban J connectivity index is 2.33. The molecule has 0 fully saturated rings. The van der Waals surface area contributed by atoms with Gasteiger partial charge in [-0.2, -0.15) is 4.98 Å². The Labute approximate surface area is 114 Å². The molecule has 0 atom stereocenters. The standard InChI is InChI=1S/C13H13N3O4/c1-8(2)9-3-5-10(6-4-9)20-13-11(16(18)19)12(17)14-7-15-13/h3-8H,1-2H3,(H,14,15,17). The number of aromatic amines is 1. The second-order valence-corrected chi connectivity index (χ2v) is 4.47. The first-order valence-electron chi connectivity index (χ1n) is 5.99. The largest absolute Gasteiger partial charge is 0.433 e. The van der Waals surface area contributed by atoms with Gasteiger partial charge in [-0.1, -0.05) is 26.0 Å². The van der Waals surface area contributed by atoms with Gasteiger partial charge in [0.25, 0.3) is 0 Å². The number of nitro groups is 1. The molecule has 0 unspecified atom stereocenters. The fourth-order valence-electron chi connectivity index (χ4n) is 1.64. The van der Waals surface area contributed by atoms with Gasteiger partial charge in [0.2, 0.25) is 0 Å². The Kier molecular flexibility index (Phi) is 3.79. The van der Waals surface area contributed by atoms with E-state index in [-0.39, 0.29) is 5.88 Å². The van der Waals surface area contributed by atoms with Gasteiger partial charge in [-0.05, 0) is 23.6 Å². The molecule has 0 aliphatic heterocycles. The lowest BCUT2D eigenvalue weighted by Crippen LogP contribution is -2.13. The zero-order valence-corrected chi connectivity index (χ0v) is 11.0.